The highest BCUT2D eigenvalue weighted by Crippen LogP contribution is 2.40. The highest BCUT2D eigenvalue weighted by Gasteiger charge is 2.34. The van der Waals surface area contributed by atoms with Gasteiger partial charge in [-0.25, -0.2) is 0 Å². The second-order valence-corrected chi connectivity index (χ2v) is 7.07. The number of hydrogen-bond donors (Lipinski definition) is 1. The maximum absolute atomic E-state index is 10.3. The zero-order chi connectivity index (χ0) is 17.1. The molecular weight excluding hydrogens is 318 g/mol. The van der Waals surface area contributed by atoms with E-state index in [-0.39, 0.29) is 6.04 Å². The van der Waals surface area contributed by atoms with E-state index in [1.54, 1.807) is 0 Å². The molecule has 1 saturated carbocycles. The van der Waals surface area contributed by atoms with E-state index in [2.05, 4.69) is 15.0 Å². The molecule has 6 nitrogen and oxygen atoms in total. The smallest absolute Gasteiger partial charge is 0.229 e. The third kappa shape index (κ3) is 4.26. The van der Waals surface area contributed by atoms with Crippen molar-refractivity contribution in [1.82, 2.24) is 15.0 Å². The summed E-state index contributed by atoms with van der Waals surface area (Å²) < 4.78 is 11.0. The Balaban J connectivity index is 1.26. The van der Waals surface area contributed by atoms with Gasteiger partial charge in [-0.05, 0) is 37.8 Å². The Kier molecular flexibility index (Phi) is 5.10. The van der Waals surface area contributed by atoms with E-state index in [1.807, 2.05) is 30.3 Å². The standard InChI is InChI=1S/C19H25N3O3/c23-16(13-24-12-14-5-2-1-3-6-14)11-22-10-4-7-17(22)18-20-19(25-21-18)15-8-9-15/h1-3,5-6,15-17,23H,4,7-13H2/t16-,17-/m0/s1. The predicted molar refractivity (Wildman–Crippen MR) is 91.9 cm³/mol. The van der Waals surface area contributed by atoms with Crippen molar-refractivity contribution in [1.29, 1.82) is 0 Å². The van der Waals surface area contributed by atoms with Gasteiger partial charge in [-0.3, -0.25) is 4.90 Å². The molecule has 4 rings (SSSR count). The largest absolute Gasteiger partial charge is 0.389 e. The molecule has 0 unspecified atom stereocenters. The SMILES string of the molecule is O[C@H](COCc1ccccc1)CN1CCC[C@H]1c1noc(C2CC2)n1. The molecule has 1 N–H and O–H groups in total. The van der Waals surface area contributed by atoms with Gasteiger partial charge in [0.25, 0.3) is 0 Å². The minimum absolute atomic E-state index is 0.153. The van der Waals surface area contributed by atoms with Gasteiger partial charge < -0.3 is 14.4 Å². The first-order chi connectivity index (χ1) is 12.3. The number of benzene rings is 1. The summed E-state index contributed by atoms with van der Waals surface area (Å²) in [5.74, 6) is 2.04. The van der Waals surface area contributed by atoms with Crippen molar-refractivity contribution < 1.29 is 14.4 Å². The molecule has 0 amide bonds. The van der Waals surface area contributed by atoms with E-state index in [1.165, 1.54) is 0 Å². The topological polar surface area (TPSA) is 71.6 Å². The first-order valence-electron chi connectivity index (χ1n) is 9.17. The summed E-state index contributed by atoms with van der Waals surface area (Å²) in [5, 5.41) is 14.5. The van der Waals surface area contributed by atoms with Gasteiger partial charge in [0.2, 0.25) is 5.89 Å². The van der Waals surface area contributed by atoms with E-state index >= 15 is 0 Å². The van der Waals surface area contributed by atoms with Crippen LogP contribution >= 0.6 is 0 Å². The lowest BCUT2D eigenvalue weighted by molar-refractivity contribution is 0.00710. The summed E-state index contributed by atoms with van der Waals surface area (Å²) in [6.45, 7) is 2.38. The number of rotatable bonds is 8. The van der Waals surface area contributed by atoms with Crippen molar-refractivity contribution >= 4 is 0 Å². The highest BCUT2D eigenvalue weighted by molar-refractivity contribution is 5.13. The molecule has 6 heteroatoms. The van der Waals surface area contributed by atoms with Gasteiger partial charge >= 0.3 is 0 Å². The molecule has 1 aliphatic carbocycles. The number of aliphatic hydroxyl groups excluding tert-OH is 1. The Labute approximate surface area is 147 Å². The first kappa shape index (κ1) is 16.7. The third-order valence-corrected chi connectivity index (χ3v) is 4.91. The molecule has 0 spiro atoms. The number of β-amino-alcohol motifs (C(OH)–C–C–N with tert-alkyl or cyclic N) is 1. The molecule has 0 bridgehead atoms. The fourth-order valence-electron chi connectivity index (χ4n) is 3.43. The van der Waals surface area contributed by atoms with Crippen LogP contribution < -0.4 is 0 Å². The second kappa shape index (κ2) is 7.64. The number of aliphatic hydroxyl groups is 1. The van der Waals surface area contributed by atoms with Gasteiger partial charge in [-0.2, -0.15) is 4.98 Å². The van der Waals surface area contributed by atoms with Crippen molar-refractivity contribution in [2.24, 2.45) is 0 Å². The van der Waals surface area contributed by atoms with Crippen LogP contribution in [0.5, 0.6) is 0 Å². The van der Waals surface area contributed by atoms with E-state index < -0.39 is 6.10 Å². The van der Waals surface area contributed by atoms with Gasteiger partial charge in [-0.1, -0.05) is 35.5 Å². The number of likely N-dealkylation sites (tertiary alicyclic amines) is 1. The normalized spacial score (nSPS) is 22.4. The van der Waals surface area contributed by atoms with Gasteiger partial charge in [0.1, 0.15) is 0 Å². The van der Waals surface area contributed by atoms with E-state index in [9.17, 15) is 5.11 Å². The van der Waals surface area contributed by atoms with Gasteiger partial charge in [0, 0.05) is 12.5 Å². The summed E-state index contributed by atoms with van der Waals surface area (Å²) in [4.78, 5) is 6.83. The van der Waals surface area contributed by atoms with Crippen LogP contribution in [0.15, 0.2) is 34.9 Å². The molecule has 2 fully saturated rings. The monoisotopic (exact) mass is 343 g/mol. The molecular formula is C19H25N3O3. The van der Waals surface area contributed by atoms with Crippen LogP contribution in [0.3, 0.4) is 0 Å². The Morgan fingerprint density at radius 1 is 1.24 bits per heavy atom. The number of nitrogens with zero attached hydrogens (tertiary/aromatic N) is 3. The predicted octanol–water partition coefficient (Wildman–Crippen LogP) is 2.66. The maximum Gasteiger partial charge on any atom is 0.229 e. The van der Waals surface area contributed by atoms with Gasteiger partial charge in [0.05, 0.1) is 25.4 Å². The summed E-state index contributed by atoms with van der Waals surface area (Å²) in [5.41, 5.74) is 1.12. The molecule has 2 aromatic rings. The zero-order valence-electron chi connectivity index (χ0n) is 14.4. The summed E-state index contributed by atoms with van der Waals surface area (Å²) in [6.07, 6.45) is 3.91. The van der Waals surface area contributed by atoms with Crippen molar-refractivity contribution in [2.45, 2.75) is 50.4 Å². The molecule has 2 atom stereocenters. The Hall–Kier alpha value is -1.76. The lowest BCUT2D eigenvalue weighted by Gasteiger charge is -2.24. The zero-order valence-corrected chi connectivity index (χ0v) is 14.4. The van der Waals surface area contributed by atoms with Crippen molar-refractivity contribution in [3.63, 3.8) is 0 Å². The summed E-state index contributed by atoms with van der Waals surface area (Å²) >= 11 is 0. The van der Waals surface area contributed by atoms with Gasteiger partial charge in [-0.15, -0.1) is 0 Å². The lowest BCUT2D eigenvalue weighted by Crippen LogP contribution is -2.35. The Morgan fingerprint density at radius 2 is 2.08 bits per heavy atom. The van der Waals surface area contributed by atoms with Crippen molar-refractivity contribution in [2.75, 3.05) is 19.7 Å². The fourth-order valence-corrected chi connectivity index (χ4v) is 3.43. The average molecular weight is 343 g/mol. The molecule has 1 aromatic heterocycles. The molecule has 0 radical (unpaired) electrons. The minimum atomic E-state index is -0.515. The third-order valence-electron chi connectivity index (χ3n) is 4.91. The maximum atomic E-state index is 10.3. The first-order valence-corrected chi connectivity index (χ1v) is 9.17. The Morgan fingerprint density at radius 3 is 2.88 bits per heavy atom. The van der Waals surface area contributed by atoms with Crippen LogP contribution in [0, 0.1) is 0 Å². The summed E-state index contributed by atoms with van der Waals surface area (Å²) in [7, 11) is 0. The molecule has 2 heterocycles. The van der Waals surface area contributed by atoms with E-state index in [4.69, 9.17) is 9.26 Å². The Bertz CT molecular complexity index is 672. The molecule has 1 saturated heterocycles. The molecule has 1 aliphatic heterocycles. The quantitative estimate of drug-likeness (QED) is 0.794. The molecule has 1 aromatic carbocycles. The van der Waals surface area contributed by atoms with Crippen molar-refractivity contribution in [3.05, 3.63) is 47.6 Å². The molecule has 2 aliphatic rings. The highest BCUT2D eigenvalue weighted by atomic mass is 16.5. The minimum Gasteiger partial charge on any atom is -0.389 e. The van der Waals surface area contributed by atoms with Gasteiger partial charge in [0.15, 0.2) is 5.82 Å². The second-order valence-electron chi connectivity index (χ2n) is 7.07. The van der Waals surface area contributed by atoms with Crippen molar-refractivity contribution in [3.8, 4) is 0 Å². The van der Waals surface area contributed by atoms with Crippen LogP contribution in [-0.4, -0.2) is 45.9 Å². The number of hydrogen-bond acceptors (Lipinski definition) is 6. The summed E-state index contributed by atoms with van der Waals surface area (Å²) in [6, 6.07) is 10.2. The number of aromatic nitrogens is 2. The fraction of sp³-hybridized carbons (Fsp3) is 0.579. The van der Waals surface area contributed by atoms with Crippen LogP contribution in [0.4, 0.5) is 0 Å². The number of ether oxygens (including phenoxy) is 1. The van der Waals surface area contributed by atoms with Crippen LogP contribution in [0.1, 0.15) is 54.9 Å². The average Bonchev–Trinajstić information content (AvgIpc) is 3.18. The van der Waals surface area contributed by atoms with Crippen LogP contribution in [0.2, 0.25) is 0 Å². The van der Waals surface area contributed by atoms with Crippen LogP contribution in [0.25, 0.3) is 0 Å². The van der Waals surface area contributed by atoms with Crippen LogP contribution in [-0.2, 0) is 11.3 Å². The molecule has 134 valence electrons. The van der Waals surface area contributed by atoms with E-state index in [0.717, 1.165) is 49.5 Å². The molecule has 25 heavy (non-hydrogen) atoms. The van der Waals surface area contributed by atoms with E-state index in [0.29, 0.717) is 25.7 Å². The lowest BCUT2D eigenvalue weighted by atomic mass is 10.2.